The third-order valence-corrected chi connectivity index (χ3v) is 6.01. The van der Waals surface area contributed by atoms with Crippen molar-refractivity contribution in [1.29, 1.82) is 0 Å². The van der Waals surface area contributed by atoms with E-state index in [9.17, 15) is 27.9 Å². The van der Waals surface area contributed by atoms with Gasteiger partial charge in [0, 0.05) is 49.7 Å². The Morgan fingerprint density at radius 2 is 1.84 bits per heavy atom. The number of amides is 2. The van der Waals surface area contributed by atoms with Crippen LogP contribution in [0.1, 0.15) is 27.0 Å². The van der Waals surface area contributed by atoms with E-state index in [1.807, 2.05) is 6.07 Å². The van der Waals surface area contributed by atoms with Crippen molar-refractivity contribution in [3.63, 3.8) is 0 Å². The maximum absolute atomic E-state index is 12.5. The van der Waals surface area contributed by atoms with E-state index in [1.165, 1.54) is 36.5 Å². The largest absolute Gasteiger partial charge is 0.573 e. The lowest BCUT2D eigenvalue weighted by Crippen LogP contribution is -2.50. The maximum atomic E-state index is 12.5. The van der Waals surface area contributed by atoms with E-state index in [4.69, 9.17) is 0 Å². The molecule has 2 amide bonds. The van der Waals surface area contributed by atoms with Crippen LogP contribution in [-0.2, 0) is 17.9 Å². The van der Waals surface area contributed by atoms with Crippen LogP contribution in [0.15, 0.2) is 36.4 Å². The highest BCUT2D eigenvalue weighted by molar-refractivity contribution is 7.14. The Hall–Kier alpha value is -2.63. The van der Waals surface area contributed by atoms with E-state index in [0.29, 0.717) is 37.6 Å². The molecule has 32 heavy (non-hydrogen) atoms. The van der Waals surface area contributed by atoms with E-state index < -0.39 is 12.5 Å². The monoisotopic (exact) mass is 471 g/mol. The van der Waals surface area contributed by atoms with Gasteiger partial charge in [-0.1, -0.05) is 18.2 Å². The Morgan fingerprint density at radius 1 is 1.16 bits per heavy atom. The molecule has 0 saturated carbocycles. The quantitative estimate of drug-likeness (QED) is 0.649. The number of rotatable bonds is 7. The number of benzene rings is 1. The minimum Gasteiger partial charge on any atom is -0.405 e. The van der Waals surface area contributed by atoms with E-state index in [-0.39, 0.29) is 29.7 Å². The number of para-hydroxylation sites is 1. The minimum absolute atomic E-state index is 0.0996. The molecular formula is C21H24F3N3O4S. The number of thiophene rings is 1. The Kier molecular flexibility index (Phi) is 7.75. The summed E-state index contributed by atoms with van der Waals surface area (Å²) in [5.74, 6) is -1.00. The van der Waals surface area contributed by atoms with Gasteiger partial charge in [0.15, 0.2) is 0 Å². The van der Waals surface area contributed by atoms with Gasteiger partial charge in [-0.25, -0.2) is 0 Å². The first kappa shape index (κ1) is 24.0. The van der Waals surface area contributed by atoms with Crippen LogP contribution in [0.3, 0.4) is 0 Å². The zero-order valence-corrected chi connectivity index (χ0v) is 18.2. The molecule has 0 aliphatic carbocycles. The molecule has 0 radical (unpaired) electrons. The van der Waals surface area contributed by atoms with Crippen LogP contribution in [0.2, 0.25) is 0 Å². The molecule has 1 atom stereocenters. The van der Waals surface area contributed by atoms with E-state index in [1.54, 1.807) is 17.0 Å². The first-order valence-electron chi connectivity index (χ1n) is 10.0. The highest BCUT2D eigenvalue weighted by atomic mass is 32.1. The van der Waals surface area contributed by atoms with Gasteiger partial charge in [-0.05, 0) is 25.1 Å². The number of carbonyl (C=O) groups excluding carboxylic acids is 2. The van der Waals surface area contributed by atoms with E-state index in [0.717, 1.165) is 4.88 Å². The minimum atomic E-state index is -4.81. The fourth-order valence-corrected chi connectivity index (χ4v) is 4.30. The standard InChI is InChI=1S/C21H24F3N3O4S/c1-14(28)20(30)27-10-8-26(9-11-27)13-16-6-7-18(32-16)19(29)25-12-15-4-2-3-5-17(15)31-21(22,23)24/h2-7,14,28H,8-13H2,1H3,(H,25,29)/t14-/m1/s1. The molecule has 3 rings (SSSR count). The van der Waals surface area contributed by atoms with Gasteiger partial charge in [-0.2, -0.15) is 0 Å². The highest BCUT2D eigenvalue weighted by Crippen LogP contribution is 2.26. The zero-order chi connectivity index (χ0) is 23.3. The normalized spacial score (nSPS) is 16.0. The zero-order valence-electron chi connectivity index (χ0n) is 17.4. The molecule has 1 aromatic heterocycles. The predicted molar refractivity (Wildman–Crippen MR) is 112 cm³/mol. The van der Waals surface area contributed by atoms with E-state index >= 15 is 0 Å². The van der Waals surface area contributed by atoms with Crippen molar-refractivity contribution in [1.82, 2.24) is 15.1 Å². The summed E-state index contributed by atoms with van der Waals surface area (Å²) in [6, 6.07) is 9.19. The number of piperazine rings is 1. The van der Waals surface area contributed by atoms with Crippen LogP contribution in [0.5, 0.6) is 5.75 Å². The number of hydrogen-bond donors (Lipinski definition) is 2. The molecule has 11 heteroatoms. The van der Waals surface area contributed by atoms with Crippen LogP contribution in [0.4, 0.5) is 13.2 Å². The van der Waals surface area contributed by atoms with Crippen LogP contribution in [0, 0.1) is 0 Å². The lowest BCUT2D eigenvalue weighted by Gasteiger charge is -2.35. The Balaban J connectivity index is 1.51. The van der Waals surface area contributed by atoms with Crippen LogP contribution in [0.25, 0.3) is 0 Å². The molecule has 2 heterocycles. The van der Waals surface area contributed by atoms with Gasteiger partial charge in [0.1, 0.15) is 11.9 Å². The summed E-state index contributed by atoms with van der Waals surface area (Å²) < 4.78 is 41.6. The van der Waals surface area contributed by atoms with Crippen LogP contribution >= 0.6 is 11.3 Å². The molecule has 0 unspecified atom stereocenters. The maximum Gasteiger partial charge on any atom is 0.573 e. The van der Waals surface area contributed by atoms with Crippen LogP contribution < -0.4 is 10.1 Å². The third kappa shape index (κ3) is 6.68. The molecule has 1 aliphatic rings. The molecule has 1 fully saturated rings. The molecule has 7 nitrogen and oxygen atoms in total. The second kappa shape index (κ2) is 10.3. The molecule has 2 N–H and O–H groups in total. The fraction of sp³-hybridized carbons (Fsp3) is 0.429. The van der Waals surface area contributed by atoms with Gasteiger partial charge < -0.3 is 20.1 Å². The summed E-state index contributed by atoms with van der Waals surface area (Å²) in [6.07, 6.45) is -5.82. The second-order valence-electron chi connectivity index (χ2n) is 7.38. The summed E-state index contributed by atoms with van der Waals surface area (Å²) in [6.45, 7) is 4.36. The number of hydrogen-bond acceptors (Lipinski definition) is 6. The van der Waals surface area contributed by atoms with Crippen molar-refractivity contribution >= 4 is 23.2 Å². The third-order valence-electron chi connectivity index (χ3n) is 4.94. The van der Waals surface area contributed by atoms with Crippen molar-refractivity contribution < 1.29 is 32.6 Å². The highest BCUT2D eigenvalue weighted by Gasteiger charge is 2.32. The van der Waals surface area contributed by atoms with Gasteiger partial charge in [0.25, 0.3) is 11.8 Å². The smallest absolute Gasteiger partial charge is 0.405 e. The van der Waals surface area contributed by atoms with Gasteiger partial charge in [0.2, 0.25) is 0 Å². The molecular weight excluding hydrogens is 447 g/mol. The summed E-state index contributed by atoms with van der Waals surface area (Å²) in [7, 11) is 0. The number of ether oxygens (including phenoxy) is 1. The lowest BCUT2D eigenvalue weighted by molar-refractivity contribution is -0.274. The molecule has 174 valence electrons. The second-order valence-corrected chi connectivity index (χ2v) is 8.55. The number of aliphatic hydroxyl groups is 1. The van der Waals surface area contributed by atoms with Crippen molar-refractivity contribution in [3.05, 3.63) is 51.7 Å². The lowest BCUT2D eigenvalue weighted by atomic mass is 10.2. The first-order valence-corrected chi connectivity index (χ1v) is 10.8. The summed E-state index contributed by atoms with van der Waals surface area (Å²) in [5, 5.41) is 12.0. The molecule has 0 bridgehead atoms. The predicted octanol–water partition coefficient (Wildman–Crippen LogP) is 2.60. The van der Waals surface area contributed by atoms with Crippen molar-refractivity contribution in [2.24, 2.45) is 0 Å². The summed E-state index contributed by atoms with van der Waals surface area (Å²) >= 11 is 1.31. The Morgan fingerprint density at radius 3 is 2.50 bits per heavy atom. The van der Waals surface area contributed by atoms with Gasteiger partial charge in [-0.3, -0.25) is 14.5 Å². The number of nitrogens with zero attached hydrogens (tertiary/aromatic N) is 2. The average molecular weight is 472 g/mol. The van der Waals surface area contributed by atoms with Crippen molar-refractivity contribution in [3.8, 4) is 5.75 Å². The summed E-state index contributed by atoms with van der Waals surface area (Å²) in [5.41, 5.74) is 0.222. The number of halogens is 3. The number of carbonyl (C=O) groups is 2. The van der Waals surface area contributed by atoms with Gasteiger partial charge in [-0.15, -0.1) is 24.5 Å². The van der Waals surface area contributed by atoms with Crippen molar-refractivity contribution in [2.45, 2.75) is 32.5 Å². The van der Waals surface area contributed by atoms with Crippen molar-refractivity contribution in [2.75, 3.05) is 26.2 Å². The van der Waals surface area contributed by atoms with Gasteiger partial charge >= 0.3 is 6.36 Å². The number of nitrogens with one attached hydrogen (secondary N) is 1. The molecule has 1 aromatic carbocycles. The Bertz CT molecular complexity index is 940. The molecule has 0 spiro atoms. The summed E-state index contributed by atoms with van der Waals surface area (Å²) in [4.78, 5) is 29.5. The SMILES string of the molecule is C[C@@H](O)C(=O)N1CCN(Cc2ccc(C(=O)NCc3ccccc3OC(F)(F)F)s2)CC1. The van der Waals surface area contributed by atoms with Crippen LogP contribution in [-0.4, -0.2) is 65.4 Å². The number of alkyl halides is 3. The first-order chi connectivity index (χ1) is 15.1. The fourth-order valence-electron chi connectivity index (χ4n) is 3.33. The number of aliphatic hydroxyl groups excluding tert-OH is 1. The molecule has 1 saturated heterocycles. The molecule has 2 aromatic rings. The Labute approximate surface area is 187 Å². The average Bonchev–Trinajstić information content (AvgIpc) is 3.20. The van der Waals surface area contributed by atoms with Gasteiger partial charge in [0.05, 0.1) is 4.88 Å². The molecule has 1 aliphatic heterocycles. The van der Waals surface area contributed by atoms with E-state index in [2.05, 4.69) is 15.0 Å². The topological polar surface area (TPSA) is 82.1 Å².